The van der Waals surface area contributed by atoms with E-state index in [-0.39, 0.29) is 30.7 Å². The van der Waals surface area contributed by atoms with Crippen molar-refractivity contribution in [2.45, 2.75) is 38.0 Å². The number of aliphatic hydroxyl groups excluding tert-OH is 1. The molecule has 0 aliphatic heterocycles. The number of tetrazole rings is 1. The molecule has 12 heteroatoms. The average molecular weight is 419 g/mol. The van der Waals surface area contributed by atoms with Crippen molar-refractivity contribution in [3.05, 3.63) is 36.4 Å². The monoisotopic (exact) mass is 419 g/mol. The third-order valence-electron chi connectivity index (χ3n) is 4.73. The van der Waals surface area contributed by atoms with Gasteiger partial charge in [-0.3, -0.25) is 19.4 Å². The molecule has 30 heavy (non-hydrogen) atoms. The minimum absolute atomic E-state index is 0.0257. The van der Waals surface area contributed by atoms with Crippen LogP contribution in [0.5, 0.6) is 0 Å². The van der Waals surface area contributed by atoms with Gasteiger partial charge >= 0.3 is 0 Å². The van der Waals surface area contributed by atoms with Crippen molar-refractivity contribution < 1.29 is 24.6 Å². The van der Waals surface area contributed by atoms with Crippen molar-refractivity contribution in [2.75, 3.05) is 13.6 Å². The Morgan fingerprint density at radius 3 is 2.77 bits per heavy atom. The van der Waals surface area contributed by atoms with Crippen LogP contribution in [0.25, 0.3) is 0 Å². The van der Waals surface area contributed by atoms with Crippen molar-refractivity contribution >= 4 is 18.3 Å². The highest BCUT2D eigenvalue weighted by Gasteiger charge is 2.38. The number of amides is 2. The van der Waals surface area contributed by atoms with Crippen molar-refractivity contribution in [3.8, 4) is 0 Å². The molecule has 1 aliphatic rings. The van der Waals surface area contributed by atoms with Gasteiger partial charge in [0.15, 0.2) is 0 Å². The first kappa shape index (κ1) is 22.9. The van der Waals surface area contributed by atoms with E-state index >= 15 is 0 Å². The molecule has 2 aromatic rings. The third kappa shape index (κ3) is 6.88. The number of rotatable bonds is 7. The van der Waals surface area contributed by atoms with Crippen LogP contribution in [-0.4, -0.2) is 84.3 Å². The number of aliphatic hydroxyl groups is 1. The third-order valence-corrected chi connectivity index (χ3v) is 4.73. The predicted octanol–water partition coefficient (Wildman–Crippen LogP) is -1.27. The van der Waals surface area contributed by atoms with Gasteiger partial charge in [0, 0.05) is 37.8 Å². The van der Waals surface area contributed by atoms with Crippen LogP contribution in [0.15, 0.2) is 30.7 Å². The second kappa shape index (κ2) is 11.6. The van der Waals surface area contributed by atoms with Crippen LogP contribution < -0.4 is 5.32 Å². The molecule has 0 spiro atoms. The number of hydrogen-bond donors (Lipinski definition) is 3. The molecule has 0 radical (unpaired) electrons. The maximum atomic E-state index is 12.7. The van der Waals surface area contributed by atoms with E-state index in [2.05, 4.69) is 25.8 Å². The minimum Gasteiger partial charge on any atom is -0.483 e. The van der Waals surface area contributed by atoms with E-state index in [9.17, 15) is 14.7 Å². The van der Waals surface area contributed by atoms with E-state index in [0.717, 1.165) is 5.69 Å². The maximum Gasteiger partial charge on any atom is 0.290 e. The molecule has 2 heterocycles. The Kier molecular flexibility index (Phi) is 8.81. The summed E-state index contributed by atoms with van der Waals surface area (Å²) < 4.78 is 1.30. The van der Waals surface area contributed by atoms with Crippen LogP contribution in [-0.2, 0) is 27.3 Å². The topological polar surface area (TPSA) is 163 Å². The molecular formula is C18H25N7O5. The molecular weight excluding hydrogens is 394 g/mol. The van der Waals surface area contributed by atoms with Gasteiger partial charge < -0.3 is 20.4 Å². The van der Waals surface area contributed by atoms with Gasteiger partial charge in [-0.25, -0.2) is 4.68 Å². The summed E-state index contributed by atoms with van der Waals surface area (Å²) in [4.78, 5) is 39.0. The van der Waals surface area contributed by atoms with Crippen molar-refractivity contribution in [3.63, 3.8) is 0 Å². The number of carbonyl (C=O) groups excluding carboxylic acids is 2. The van der Waals surface area contributed by atoms with E-state index in [1.165, 1.54) is 11.0 Å². The van der Waals surface area contributed by atoms with Gasteiger partial charge in [0.25, 0.3) is 6.47 Å². The second-order valence-corrected chi connectivity index (χ2v) is 6.85. The standard InChI is InChI=1S/C17H23N7O3.CH2O2/c1-23(7-5-13-4-2-3-6-18-13)17(27)12-8-14(15(25)9-12)20-16(26)10-24-11-19-21-22-24;2-1-3/h2-4,6,11-12,14-15,25H,5,7-10H2,1H3,(H,20,26);1H,(H,2,3)/t12-,14+,15+;/m0./s1. The number of nitrogens with zero attached hydrogens (tertiary/aromatic N) is 6. The Hall–Kier alpha value is -3.41. The molecule has 0 unspecified atom stereocenters. The summed E-state index contributed by atoms with van der Waals surface area (Å²) in [5, 5.41) is 30.4. The van der Waals surface area contributed by atoms with E-state index in [1.54, 1.807) is 18.1 Å². The van der Waals surface area contributed by atoms with Gasteiger partial charge in [-0.15, -0.1) is 5.10 Å². The van der Waals surface area contributed by atoms with Crippen molar-refractivity contribution in [1.29, 1.82) is 0 Å². The van der Waals surface area contributed by atoms with Crippen LogP contribution in [0.3, 0.4) is 0 Å². The first-order valence-corrected chi connectivity index (χ1v) is 9.35. The summed E-state index contributed by atoms with van der Waals surface area (Å²) in [5.41, 5.74) is 0.927. The Bertz CT molecular complexity index is 803. The van der Waals surface area contributed by atoms with Gasteiger partial charge in [-0.2, -0.15) is 0 Å². The summed E-state index contributed by atoms with van der Waals surface area (Å²) in [6.45, 7) is 0.275. The van der Waals surface area contributed by atoms with E-state index in [0.29, 0.717) is 25.8 Å². The fraction of sp³-hybridized carbons (Fsp3) is 0.500. The lowest BCUT2D eigenvalue weighted by Gasteiger charge is -2.21. The largest absolute Gasteiger partial charge is 0.483 e. The number of nitrogens with one attached hydrogen (secondary N) is 1. The van der Waals surface area contributed by atoms with Crippen LogP contribution in [0.2, 0.25) is 0 Å². The lowest BCUT2D eigenvalue weighted by Crippen LogP contribution is -2.41. The Labute approximate surface area is 172 Å². The van der Waals surface area contributed by atoms with Crippen molar-refractivity contribution in [1.82, 2.24) is 35.4 Å². The zero-order valence-electron chi connectivity index (χ0n) is 16.5. The molecule has 0 saturated heterocycles. The summed E-state index contributed by atoms with van der Waals surface area (Å²) >= 11 is 0. The fourth-order valence-corrected chi connectivity index (χ4v) is 3.27. The smallest absolute Gasteiger partial charge is 0.290 e. The van der Waals surface area contributed by atoms with E-state index in [1.807, 2.05) is 18.2 Å². The van der Waals surface area contributed by atoms with Gasteiger partial charge in [0.05, 0.1) is 12.1 Å². The lowest BCUT2D eigenvalue weighted by atomic mass is 10.1. The van der Waals surface area contributed by atoms with E-state index in [4.69, 9.17) is 9.90 Å². The van der Waals surface area contributed by atoms with Crippen molar-refractivity contribution in [2.24, 2.45) is 5.92 Å². The highest BCUT2D eigenvalue weighted by molar-refractivity contribution is 5.80. The molecule has 3 N–H and O–H groups in total. The summed E-state index contributed by atoms with van der Waals surface area (Å²) in [6.07, 6.45) is 3.74. The lowest BCUT2D eigenvalue weighted by molar-refractivity contribution is -0.134. The Balaban J connectivity index is 0.00000101. The second-order valence-electron chi connectivity index (χ2n) is 6.85. The van der Waals surface area contributed by atoms with Crippen LogP contribution in [0.4, 0.5) is 0 Å². The number of aromatic nitrogens is 5. The number of likely N-dealkylation sites (N-methyl/N-ethyl adjacent to an activating group) is 1. The quantitative estimate of drug-likeness (QED) is 0.464. The number of carboxylic acid groups (broad SMARTS) is 1. The van der Waals surface area contributed by atoms with Crippen LogP contribution >= 0.6 is 0 Å². The number of pyridine rings is 1. The highest BCUT2D eigenvalue weighted by atomic mass is 16.3. The fourth-order valence-electron chi connectivity index (χ4n) is 3.27. The van der Waals surface area contributed by atoms with Gasteiger partial charge in [0.2, 0.25) is 11.8 Å². The minimum atomic E-state index is -0.749. The number of carbonyl (C=O) groups is 3. The first-order chi connectivity index (χ1) is 14.4. The normalized spacial score (nSPS) is 20.0. The molecule has 12 nitrogen and oxygen atoms in total. The highest BCUT2D eigenvalue weighted by Crippen LogP contribution is 2.27. The molecule has 1 fully saturated rings. The van der Waals surface area contributed by atoms with Gasteiger partial charge in [-0.05, 0) is 35.4 Å². The van der Waals surface area contributed by atoms with Gasteiger partial charge in [-0.1, -0.05) is 6.07 Å². The predicted molar refractivity (Wildman–Crippen MR) is 103 cm³/mol. The molecule has 3 rings (SSSR count). The Morgan fingerprint density at radius 1 is 1.37 bits per heavy atom. The number of hydrogen-bond acceptors (Lipinski definition) is 8. The molecule has 3 atom stereocenters. The average Bonchev–Trinajstić information content (AvgIpc) is 3.37. The molecule has 1 aliphatic carbocycles. The zero-order chi connectivity index (χ0) is 21.9. The summed E-state index contributed by atoms with van der Waals surface area (Å²) in [6, 6.07) is 5.24. The molecule has 1 saturated carbocycles. The van der Waals surface area contributed by atoms with E-state index < -0.39 is 12.1 Å². The first-order valence-electron chi connectivity index (χ1n) is 9.35. The van der Waals surface area contributed by atoms with Crippen LogP contribution in [0, 0.1) is 5.92 Å². The zero-order valence-corrected chi connectivity index (χ0v) is 16.5. The molecule has 162 valence electrons. The maximum absolute atomic E-state index is 12.7. The van der Waals surface area contributed by atoms with Crippen LogP contribution in [0.1, 0.15) is 18.5 Å². The molecule has 0 aromatic carbocycles. The molecule has 2 aromatic heterocycles. The summed E-state index contributed by atoms with van der Waals surface area (Å²) in [7, 11) is 1.75. The summed E-state index contributed by atoms with van der Waals surface area (Å²) in [5.74, 6) is -0.641. The molecule has 2 amide bonds. The van der Waals surface area contributed by atoms with Gasteiger partial charge in [0.1, 0.15) is 12.9 Å². The molecule has 0 bridgehead atoms. The Morgan fingerprint density at radius 2 is 2.13 bits per heavy atom. The SMILES string of the molecule is CN(CCc1ccccn1)C(=O)[C@@H]1C[C@@H](O)[C@H](NC(=O)Cn2cnnn2)C1.O=CO.